The van der Waals surface area contributed by atoms with Crippen molar-refractivity contribution in [1.29, 1.82) is 0 Å². The number of hydrogen-bond acceptors (Lipinski definition) is 5. The van der Waals surface area contributed by atoms with E-state index >= 15 is 0 Å². The van der Waals surface area contributed by atoms with Crippen LogP contribution in [0.2, 0.25) is 0 Å². The van der Waals surface area contributed by atoms with Crippen molar-refractivity contribution in [3.05, 3.63) is 41.6 Å². The zero-order valence-electron chi connectivity index (χ0n) is 20.6. The number of H-pyrrole nitrogens is 1. The summed E-state index contributed by atoms with van der Waals surface area (Å²) in [6.45, 7) is 5.51. The van der Waals surface area contributed by atoms with Crippen LogP contribution < -0.4 is 10.1 Å². The number of likely N-dealkylation sites (tertiary alicyclic amines) is 1. The van der Waals surface area contributed by atoms with Gasteiger partial charge in [0, 0.05) is 36.2 Å². The van der Waals surface area contributed by atoms with E-state index in [1.165, 1.54) is 18.5 Å². The Morgan fingerprint density at radius 3 is 2.81 bits per heavy atom. The zero-order chi connectivity index (χ0) is 25.0. The summed E-state index contributed by atoms with van der Waals surface area (Å²) in [5.41, 5.74) is 3.15. The molecule has 1 saturated heterocycles. The lowest BCUT2D eigenvalue weighted by atomic mass is 10.0. The van der Waals surface area contributed by atoms with Crippen LogP contribution in [0.5, 0.6) is 5.75 Å². The fourth-order valence-electron chi connectivity index (χ4n) is 5.39. The Morgan fingerprint density at radius 1 is 1.28 bits per heavy atom. The molecule has 3 aliphatic rings. The van der Waals surface area contributed by atoms with Crippen molar-refractivity contribution in [2.45, 2.75) is 52.0 Å². The van der Waals surface area contributed by atoms with E-state index in [-0.39, 0.29) is 29.1 Å². The van der Waals surface area contributed by atoms with Gasteiger partial charge in [0.2, 0.25) is 5.91 Å². The summed E-state index contributed by atoms with van der Waals surface area (Å²) >= 11 is 0. The van der Waals surface area contributed by atoms with E-state index in [0.29, 0.717) is 71.3 Å². The summed E-state index contributed by atoms with van der Waals surface area (Å²) in [5, 5.41) is 3.20. The van der Waals surface area contributed by atoms with E-state index in [1.54, 1.807) is 6.07 Å². The van der Waals surface area contributed by atoms with Crippen molar-refractivity contribution < 1.29 is 18.7 Å². The number of fused-ring (bicyclic) bond motifs is 1. The van der Waals surface area contributed by atoms with Gasteiger partial charge in [0.15, 0.2) is 0 Å². The summed E-state index contributed by atoms with van der Waals surface area (Å²) in [6.07, 6.45) is 6.17. The molecule has 2 N–H and O–H groups in total. The molecule has 36 heavy (non-hydrogen) atoms. The predicted octanol–water partition coefficient (Wildman–Crippen LogP) is 3.99. The maximum absolute atomic E-state index is 14.3. The molecule has 2 amide bonds. The van der Waals surface area contributed by atoms with E-state index in [4.69, 9.17) is 4.74 Å². The summed E-state index contributed by atoms with van der Waals surface area (Å²) in [7, 11) is 0. The number of ether oxygens (including phenoxy) is 1. The van der Waals surface area contributed by atoms with Gasteiger partial charge in [-0.05, 0) is 56.7 Å². The molecule has 1 atom stereocenters. The minimum absolute atomic E-state index is 0.0178. The number of amides is 2. The Kier molecular flexibility index (Phi) is 5.46. The Labute approximate surface area is 208 Å². The number of rotatable bonds is 7. The molecule has 1 aliphatic heterocycles. The third-order valence-corrected chi connectivity index (χ3v) is 7.87. The highest BCUT2D eigenvalue weighted by Gasteiger charge is 2.56. The molecule has 0 radical (unpaired) electrons. The van der Waals surface area contributed by atoms with Crippen LogP contribution in [0.3, 0.4) is 0 Å². The van der Waals surface area contributed by atoms with Crippen LogP contribution in [0.25, 0.3) is 22.3 Å². The number of halogens is 1. The number of benzene rings is 1. The van der Waals surface area contributed by atoms with Crippen molar-refractivity contribution >= 4 is 22.8 Å². The number of nitrogens with zero attached hydrogens (tertiary/aromatic N) is 3. The average molecular weight is 492 g/mol. The monoisotopic (exact) mass is 491 g/mol. The highest BCUT2D eigenvalue weighted by atomic mass is 19.1. The first-order valence-electron chi connectivity index (χ1n) is 12.7. The largest absolute Gasteiger partial charge is 0.493 e. The summed E-state index contributed by atoms with van der Waals surface area (Å²) in [4.78, 5) is 39.8. The van der Waals surface area contributed by atoms with Crippen molar-refractivity contribution in [3.8, 4) is 17.0 Å². The third kappa shape index (κ3) is 4.00. The third-order valence-electron chi connectivity index (χ3n) is 7.87. The van der Waals surface area contributed by atoms with Gasteiger partial charge in [-0.3, -0.25) is 9.59 Å². The number of carbonyl (C=O) groups excluding carboxylic acids is 2. The summed E-state index contributed by atoms with van der Waals surface area (Å²) in [6, 6.07) is 4.33. The highest BCUT2D eigenvalue weighted by molar-refractivity contribution is 6.09. The quantitative estimate of drug-likeness (QED) is 0.521. The molecule has 1 spiro atoms. The molecule has 9 heteroatoms. The fraction of sp³-hybridized carbons (Fsp3) is 0.481. The minimum atomic E-state index is -0.390. The van der Waals surface area contributed by atoms with Gasteiger partial charge in [0.05, 0.1) is 23.7 Å². The van der Waals surface area contributed by atoms with Crippen molar-refractivity contribution in [2.75, 3.05) is 19.7 Å². The highest BCUT2D eigenvalue weighted by Crippen LogP contribution is 2.53. The molecule has 1 aromatic carbocycles. The van der Waals surface area contributed by atoms with Crippen LogP contribution in [0.4, 0.5) is 4.39 Å². The molecular weight excluding hydrogens is 461 g/mol. The minimum Gasteiger partial charge on any atom is -0.493 e. The first-order valence-corrected chi connectivity index (χ1v) is 12.7. The molecule has 8 nitrogen and oxygen atoms in total. The standard InChI is InChI=1S/C27H30FN5O3/c1-3-21(34)33-11-20(27(13-33)8-9-27)32-26(35)22-15(2)31-25-23(29-14-30-24(22)25)18-10-17(28)6-7-19(18)36-12-16-4-5-16/h6-7,10,14,16,20,31H,3-5,8-9,11-13H2,1-2H3,(H,32,35)/t20-/m1/s1. The number of nitrogens with one attached hydrogen (secondary N) is 2. The van der Waals surface area contributed by atoms with Gasteiger partial charge in [0.25, 0.3) is 5.91 Å². The van der Waals surface area contributed by atoms with E-state index in [0.717, 1.165) is 25.7 Å². The van der Waals surface area contributed by atoms with Crippen LogP contribution in [0, 0.1) is 24.1 Å². The van der Waals surface area contributed by atoms with Crippen LogP contribution in [0.15, 0.2) is 24.5 Å². The maximum atomic E-state index is 14.3. The lowest BCUT2D eigenvalue weighted by molar-refractivity contribution is -0.130. The van der Waals surface area contributed by atoms with E-state index in [1.807, 2.05) is 18.7 Å². The van der Waals surface area contributed by atoms with E-state index in [9.17, 15) is 14.0 Å². The SMILES string of the molecule is CCC(=O)N1C[C@@H](NC(=O)c2c(C)[nH]c3c(-c4cc(F)ccc4OCC4CC4)ncnc23)C2(CC2)C1. The lowest BCUT2D eigenvalue weighted by Crippen LogP contribution is -2.42. The Morgan fingerprint density at radius 2 is 2.08 bits per heavy atom. The molecule has 2 saturated carbocycles. The molecule has 2 aliphatic carbocycles. The first-order chi connectivity index (χ1) is 17.4. The maximum Gasteiger partial charge on any atom is 0.255 e. The van der Waals surface area contributed by atoms with Gasteiger partial charge < -0.3 is 19.9 Å². The molecule has 3 aromatic rings. The normalized spacial score (nSPS) is 20.2. The van der Waals surface area contributed by atoms with E-state index in [2.05, 4.69) is 20.3 Å². The number of carbonyl (C=O) groups is 2. The lowest BCUT2D eigenvalue weighted by Gasteiger charge is -2.18. The molecule has 2 aromatic heterocycles. The predicted molar refractivity (Wildman–Crippen MR) is 132 cm³/mol. The number of aromatic amines is 1. The van der Waals surface area contributed by atoms with Crippen LogP contribution in [-0.2, 0) is 4.79 Å². The average Bonchev–Trinajstić information content (AvgIpc) is 3.77. The van der Waals surface area contributed by atoms with Crippen molar-refractivity contribution in [2.24, 2.45) is 11.3 Å². The van der Waals surface area contributed by atoms with Gasteiger partial charge in [-0.15, -0.1) is 0 Å². The fourth-order valence-corrected chi connectivity index (χ4v) is 5.39. The van der Waals surface area contributed by atoms with Crippen LogP contribution in [-0.4, -0.2) is 57.4 Å². The van der Waals surface area contributed by atoms with Crippen molar-refractivity contribution in [1.82, 2.24) is 25.2 Å². The van der Waals surface area contributed by atoms with Crippen LogP contribution in [0.1, 0.15) is 55.1 Å². The van der Waals surface area contributed by atoms with Crippen LogP contribution >= 0.6 is 0 Å². The second-order valence-electron chi connectivity index (χ2n) is 10.5. The van der Waals surface area contributed by atoms with Gasteiger partial charge in [-0.2, -0.15) is 0 Å². The molecule has 3 heterocycles. The zero-order valence-corrected chi connectivity index (χ0v) is 20.6. The van der Waals surface area contributed by atoms with Crippen molar-refractivity contribution in [3.63, 3.8) is 0 Å². The van der Waals surface area contributed by atoms with Gasteiger partial charge >= 0.3 is 0 Å². The second-order valence-corrected chi connectivity index (χ2v) is 10.5. The van der Waals surface area contributed by atoms with Gasteiger partial charge in [0.1, 0.15) is 29.1 Å². The second kappa shape index (κ2) is 8.57. The molecule has 3 fully saturated rings. The number of hydrogen-bond donors (Lipinski definition) is 2. The molecule has 6 rings (SSSR count). The van der Waals surface area contributed by atoms with Gasteiger partial charge in [-0.25, -0.2) is 14.4 Å². The molecular formula is C27H30FN5O3. The first kappa shape index (κ1) is 22.9. The molecule has 188 valence electrons. The Bertz CT molecular complexity index is 1360. The summed E-state index contributed by atoms with van der Waals surface area (Å²) < 4.78 is 20.3. The van der Waals surface area contributed by atoms with Gasteiger partial charge in [-0.1, -0.05) is 6.92 Å². The number of aromatic nitrogens is 3. The smallest absolute Gasteiger partial charge is 0.255 e. The Hall–Kier alpha value is -3.49. The topological polar surface area (TPSA) is 100 Å². The number of aryl methyl sites for hydroxylation is 1. The summed E-state index contributed by atoms with van der Waals surface area (Å²) in [5.74, 6) is 0.608. The van der Waals surface area contributed by atoms with E-state index < -0.39 is 0 Å². The molecule has 0 bridgehead atoms. The molecule has 0 unspecified atom stereocenters. The Balaban J connectivity index is 1.32.